The molecule has 0 spiro atoms. The molecule has 1 saturated heterocycles. The Labute approximate surface area is 131 Å². The normalized spacial score (nSPS) is 25.6. The average Bonchev–Trinajstić information content (AvgIpc) is 3.30. The van der Waals surface area contributed by atoms with Gasteiger partial charge in [0.1, 0.15) is 12.1 Å². The van der Waals surface area contributed by atoms with E-state index in [1.807, 2.05) is 0 Å². The van der Waals surface area contributed by atoms with Crippen molar-refractivity contribution in [3.8, 4) is 0 Å². The standard InChI is InChI=1S/C17H24N4O/c22-17(20-14-6-7-14)13-5-2-8-21(10-13)16-9-15(18-11-19-16)12-3-1-4-12/h9,11-14H,1-8,10H2,(H,20,22). The van der Waals surface area contributed by atoms with Crippen molar-refractivity contribution in [1.82, 2.24) is 15.3 Å². The van der Waals surface area contributed by atoms with Crippen LogP contribution in [0, 0.1) is 5.92 Å². The predicted octanol–water partition coefficient (Wildman–Crippen LogP) is 2.24. The minimum Gasteiger partial charge on any atom is -0.356 e. The molecule has 1 N–H and O–H groups in total. The summed E-state index contributed by atoms with van der Waals surface area (Å²) in [6, 6.07) is 2.59. The van der Waals surface area contributed by atoms with Gasteiger partial charge in [-0.15, -0.1) is 0 Å². The first kappa shape index (κ1) is 14.0. The Morgan fingerprint density at radius 2 is 2.00 bits per heavy atom. The van der Waals surface area contributed by atoms with Crippen LogP contribution in [0.2, 0.25) is 0 Å². The molecular formula is C17H24N4O. The molecule has 3 fully saturated rings. The molecular weight excluding hydrogens is 276 g/mol. The molecule has 2 saturated carbocycles. The molecule has 3 aliphatic rings. The predicted molar refractivity (Wildman–Crippen MR) is 84.7 cm³/mol. The summed E-state index contributed by atoms with van der Waals surface area (Å²) in [4.78, 5) is 23.4. The van der Waals surface area contributed by atoms with Gasteiger partial charge >= 0.3 is 0 Å². The van der Waals surface area contributed by atoms with Crippen molar-refractivity contribution in [2.24, 2.45) is 5.92 Å². The maximum Gasteiger partial charge on any atom is 0.225 e. The van der Waals surface area contributed by atoms with E-state index in [1.54, 1.807) is 6.33 Å². The van der Waals surface area contributed by atoms with Crippen LogP contribution in [-0.4, -0.2) is 35.0 Å². The summed E-state index contributed by atoms with van der Waals surface area (Å²) in [6.45, 7) is 1.79. The fourth-order valence-corrected chi connectivity index (χ4v) is 3.41. The number of nitrogens with one attached hydrogen (secondary N) is 1. The third-order valence-electron chi connectivity index (χ3n) is 5.24. The van der Waals surface area contributed by atoms with Gasteiger partial charge in [0.15, 0.2) is 0 Å². The molecule has 2 heterocycles. The number of hydrogen-bond donors (Lipinski definition) is 1. The molecule has 1 unspecified atom stereocenters. The first-order valence-electron chi connectivity index (χ1n) is 8.67. The Morgan fingerprint density at radius 3 is 2.73 bits per heavy atom. The Bertz CT molecular complexity index is 553. The average molecular weight is 300 g/mol. The molecule has 5 nitrogen and oxygen atoms in total. The molecule has 0 bridgehead atoms. The molecule has 0 radical (unpaired) electrons. The number of amides is 1. The molecule has 0 aromatic carbocycles. The quantitative estimate of drug-likeness (QED) is 0.926. The minimum atomic E-state index is 0.108. The number of anilines is 1. The van der Waals surface area contributed by atoms with Crippen molar-refractivity contribution in [2.45, 2.75) is 56.9 Å². The van der Waals surface area contributed by atoms with Crippen LogP contribution in [0.4, 0.5) is 5.82 Å². The van der Waals surface area contributed by atoms with Crippen LogP contribution in [0.1, 0.15) is 56.6 Å². The van der Waals surface area contributed by atoms with E-state index in [0.29, 0.717) is 12.0 Å². The molecule has 1 amide bonds. The van der Waals surface area contributed by atoms with Crippen LogP contribution in [0.5, 0.6) is 0 Å². The Balaban J connectivity index is 1.43. The summed E-state index contributed by atoms with van der Waals surface area (Å²) in [5.74, 6) is 1.97. The molecule has 1 aliphatic heterocycles. The van der Waals surface area contributed by atoms with Crippen molar-refractivity contribution < 1.29 is 4.79 Å². The van der Waals surface area contributed by atoms with Crippen LogP contribution in [0.3, 0.4) is 0 Å². The molecule has 1 aromatic rings. The number of hydrogen-bond acceptors (Lipinski definition) is 4. The second-order valence-electron chi connectivity index (χ2n) is 7.00. The zero-order chi connectivity index (χ0) is 14.9. The van der Waals surface area contributed by atoms with Crippen LogP contribution in [0.15, 0.2) is 12.4 Å². The second kappa shape index (κ2) is 5.86. The van der Waals surface area contributed by atoms with Gasteiger partial charge in [0.2, 0.25) is 5.91 Å². The van der Waals surface area contributed by atoms with Gasteiger partial charge < -0.3 is 10.2 Å². The third-order valence-corrected chi connectivity index (χ3v) is 5.24. The summed E-state index contributed by atoms with van der Waals surface area (Å²) in [5, 5.41) is 3.15. The SMILES string of the molecule is O=C(NC1CC1)C1CCCN(c2cc(C3CCC3)ncn2)C1. The lowest BCUT2D eigenvalue weighted by Crippen LogP contribution is -2.44. The van der Waals surface area contributed by atoms with E-state index < -0.39 is 0 Å². The van der Waals surface area contributed by atoms with Gasteiger partial charge in [-0.05, 0) is 38.5 Å². The topological polar surface area (TPSA) is 58.1 Å². The second-order valence-corrected chi connectivity index (χ2v) is 7.00. The zero-order valence-electron chi connectivity index (χ0n) is 13.0. The molecule has 5 heteroatoms. The molecule has 2 aliphatic carbocycles. The van der Waals surface area contributed by atoms with Crippen LogP contribution in [-0.2, 0) is 4.79 Å². The van der Waals surface area contributed by atoms with Crippen LogP contribution in [0.25, 0.3) is 0 Å². The van der Waals surface area contributed by atoms with Gasteiger partial charge in [-0.2, -0.15) is 0 Å². The highest BCUT2D eigenvalue weighted by molar-refractivity contribution is 5.80. The van der Waals surface area contributed by atoms with E-state index in [1.165, 1.54) is 25.0 Å². The molecule has 1 aromatic heterocycles. The van der Waals surface area contributed by atoms with Crippen molar-refractivity contribution in [2.75, 3.05) is 18.0 Å². The summed E-state index contributed by atoms with van der Waals surface area (Å²) < 4.78 is 0. The Morgan fingerprint density at radius 1 is 1.14 bits per heavy atom. The van der Waals surface area contributed by atoms with Crippen LogP contribution >= 0.6 is 0 Å². The van der Waals surface area contributed by atoms with Gasteiger partial charge in [0, 0.05) is 36.8 Å². The number of aromatic nitrogens is 2. The summed E-state index contributed by atoms with van der Waals surface area (Å²) in [7, 11) is 0. The maximum absolute atomic E-state index is 12.3. The van der Waals surface area contributed by atoms with Crippen molar-refractivity contribution in [1.29, 1.82) is 0 Å². The van der Waals surface area contributed by atoms with E-state index >= 15 is 0 Å². The fourth-order valence-electron chi connectivity index (χ4n) is 3.41. The first-order chi connectivity index (χ1) is 10.8. The van der Waals surface area contributed by atoms with Gasteiger partial charge in [-0.3, -0.25) is 4.79 Å². The third kappa shape index (κ3) is 2.94. The summed E-state index contributed by atoms with van der Waals surface area (Å²) in [5.41, 5.74) is 1.18. The lowest BCUT2D eigenvalue weighted by atomic mass is 9.83. The van der Waals surface area contributed by atoms with Crippen molar-refractivity contribution >= 4 is 11.7 Å². The minimum absolute atomic E-state index is 0.108. The lowest BCUT2D eigenvalue weighted by Gasteiger charge is -2.33. The van der Waals surface area contributed by atoms with Crippen molar-refractivity contribution in [3.63, 3.8) is 0 Å². The monoisotopic (exact) mass is 300 g/mol. The first-order valence-corrected chi connectivity index (χ1v) is 8.67. The summed E-state index contributed by atoms with van der Waals surface area (Å²) >= 11 is 0. The smallest absolute Gasteiger partial charge is 0.225 e. The fraction of sp³-hybridized carbons (Fsp3) is 0.706. The lowest BCUT2D eigenvalue weighted by molar-refractivity contribution is -0.125. The van der Waals surface area contributed by atoms with E-state index in [0.717, 1.165) is 44.6 Å². The highest BCUT2D eigenvalue weighted by atomic mass is 16.2. The van der Waals surface area contributed by atoms with E-state index in [-0.39, 0.29) is 11.8 Å². The Kier molecular flexibility index (Phi) is 3.72. The summed E-state index contributed by atoms with van der Waals surface area (Å²) in [6.07, 6.45) is 9.87. The van der Waals surface area contributed by atoms with E-state index in [4.69, 9.17) is 0 Å². The van der Waals surface area contributed by atoms with Crippen molar-refractivity contribution in [3.05, 3.63) is 18.1 Å². The molecule has 22 heavy (non-hydrogen) atoms. The van der Waals surface area contributed by atoms with E-state index in [9.17, 15) is 4.79 Å². The number of nitrogens with zero attached hydrogens (tertiary/aromatic N) is 3. The maximum atomic E-state index is 12.3. The molecule has 4 rings (SSSR count). The number of piperidine rings is 1. The molecule has 118 valence electrons. The van der Waals surface area contributed by atoms with Crippen LogP contribution < -0.4 is 10.2 Å². The van der Waals surface area contributed by atoms with Gasteiger partial charge in [0.05, 0.1) is 5.92 Å². The van der Waals surface area contributed by atoms with Gasteiger partial charge in [0.25, 0.3) is 0 Å². The number of rotatable bonds is 4. The van der Waals surface area contributed by atoms with Gasteiger partial charge in [-0.1, -0.05) is 6.42 Å². The largest absolute Gasteiger partial charge is 0.356 e. The number of carbonyl (C=O) groups excluding carboxylic acids is 1. The zero-order valence-corrected chi connectivity index (χ0v) is 13.0. The Hall–Kier alpha value is -1.65. The molecule has 1 atom stereocenters. The van der Waals surface area contributed by atoms with Gasteiger partial charge in [-0.25, -0.2) is 9.97 Å². The number of carbonyl (C=O) groups is 1. The highest BCUT2D eigenvalue weighted by Gasteiger charge is 2.31. The highest BCUT2D eigenvalue weighted by Crippen LogP contribution is 2.36. The van der Waals surface area contributed by atoms with E-state index in [2.05, 4.69) is 26.3 Å².